The van der Waals surface area contributed by atoms with Crippen LogP contribution in [-0.2, 0) is 55.7 Å². The van der Waals surface area contributed by atoms with Crippen LogP contribution in [0.5, 0.6) is 5.75 Å². The number of amides is 3. The monoisotopic (exact) mass is 1050 g/mol. The highest BCUT2D eigenvalue weighted by Gasteiger charge is 2.64. The average molecular weight is 1060 g/mol. The van der Waals surface area contributed by atoms with Gasteiger partial charge in [-0.1, -0.05) is 66.6 Å². The third-order valence-corrected chi connectivity index (χ3v) is 16.6. The van der Waals surface area contributed by atoms with Gasteiger partial charge in [0.2, 0.25) is 11.8 Å². The van der Waals surface area contributed by atoms with Crippen molar-refractivity contribution in [1.82, 2.24) is 10.2 Å². The molecule has 3 aliphatic heterocycles. The van der Waals surface area contributed by atoms with Crippen LogP contribution in [0.3, 0.4) is 0 Å². The van der Waals surface area contributed by atoms with Crippen LogP contribution < -0.4 is 15.0 Å². The number of hydrogen-bond acceptors (Lipinski definition) is 14. The van der Waals surface area contributed by atoms with E-state index in [1.807, 2.05) is 37.3 Å². The maximum atomic E-state index is 14.4. The molecular formula is C56H67ClN4O12S. The van der Waals surface area contributed by atoms with Crippen molar-refractivity contribution in [1.29, 1.82) is 5.26 Å². The van der Waals surface area contributed by atoms with Crippen molar-refractivity contribution >= 4 is 63.8 Å². The van der Waals surface area contributed by atoms with Crippen LogP contribution in [0.4, 0.5) is 10.5 Å². The molecule has 2 aromatic rings. The van der Waals surface area contributed by atoms with Crippen LogP contribution in [0, 0.1) is 46.8 Å². The van der Waals surface area contributed by atoms with Gasteiger partial charge in [-0.2, -0.15) is 5.26 Å². The summed E-state index contributed by atoms with van der Waals surface area (Å²) in [7, 11) is 5.95. The Bertz CT molecular complexity index is 2640. The molecule has 396 valence electrons. The molecule has 3 fully saturated rings. The number of allylic oxidation sites excluding steroid dienone is 4. The van der Waals surface area contributed by atoms with Crippen LogP contribution in [0.1, 0.15) is 89.3 Å². The summed E-state index contributed by atoms with van der Waals surface area (Å²) in [6, 6.07) is 11.9. The number of alkyl carbamates (subject to hydrolysis) is 1. The molecule has 3 unspecified atom stereocenters. The van der Waals surface area contributed by atoms with Crippen molar-refractivity contribution < 1.29 is 57.5 Å². The van der Waals surface area contributed by atoms with E-state index < -0.39 is 65.7 Å². The largest absolute Gasteiger partial charge is 0.495 e. The summed E-state index contributed by atoms with van der Waals surface area (Å²) in [5.74, 6) is 6.13. The Morgan fingerprint density at radius 3 is 2.50 bits per heavy atom. The number of anilines is 1. The fourth-order valence-electron chi connectivity index (χ4n) is 10.4. The van der Waals surface area contributed by atoms with Crippen LogP contribution in [0.25, 0.3) is 4.91 Å². The lowest BCUT2D eigenvalue weighted by molar-refractivity contribution is -0.162. The molecule has 4 bridgehead atoms. The Morgan fingerprint density at radius 2 is 1.84 bits per heavy atom. The van der Waals surface area contributed by atoms with Gasteiger partial charge >= 0.3 is 18.0 Å². The van der Waals surface area contributed by atoms with E-state index in [9.17, 15) is 34.3 Å². The first-order valence-corrected chi connectivity index (χ1v) is 26.4. The summed E-state index contributed by atoms with van der Waals surface area (Å²) in [4.78, 5) is 71.3. The van der Waals surface area contributed by atoms with Gasteiger partial charge in [-0.25, -0.2) is 9.59 Å². The number of epoxide rings is 1. The van der Waals surface area contributed by atoms with E-state index in [2.05, 4.69) is 23.2 Å². The standard InChI is InChI=1S/C56H67ClN4O12S/c1-33-14-13-17-46(69-8)56(67)31-44(71-54(66)59-56)34(2)52-55(4,73-52)47(30-49(63)61(6)42-27-37(26-33)28-43(68-7)51(42)57)72-53(65)35(3)60(5)48(62)23-25-74-45(22-24-58)38-20-18-36(19-21-38)29-50(64)70-32-41-39-15-11-9-10-12-16-40(39)41/h13-14,17-22,27-28,34-35,39-41,44,46-47,52,67H,11-12,15-16,23,25-26,29-32H2,1-8H3,(H,59,66)/b17-13+,33-14+,45-22-/t34?,35-,39?,40?,41?,44-,46+,47-,52-,55-,56-/m0/s1. The number of nitriles is 1. The Balaban J connectivity index is 1.01. The average Bonchev–Trinajstić information content (AvgIpc) is 4.25. The van der Waals surface area contributed by atoms with E-state index >= 15 is 0 Å². The fourth-order valence-corrected chi connectivity index (χ4v) is 11.6. The molecule has 0 spiro atoms. The van der Waals surface area contributed by atoms with Gasteiger partial charge in [-0.15, -0.1) is 23.6 Å². The van der Waals surface area contributed by atoms with Gasteiger partial charge < -0.3 is 43.3 Å². The third-order valence-electron chi connectivity index (χ3n) is 15.2. The number of nitrogens with one attached hydrogen (secondary N) is 1. The first-order chi connectivity index (χ1) is 35.3. The van der Waals surface area contributed by atoms with Crippen LogP contribution in [0.2, 0.25) is 5.02 Å². The molecule has 3 heterocycles. The first kappa shape index (κ1) is 55.9. The van der Waals surface area contributed by atoms with Crippen molar-refractivity contribution in [2.75, 3.05) is 45.6 Å². The molecular weight excluding hydrogens is 988 g/mol. The zero-order valence-corrected chi connectivity index (χ0v) is 44.9. The number of esters is 2. The Kier molecular flexibility index (Phi) is 18.3. The van der Waals surface area contributed by atoms with Gasteiger partial charge in [0.1, 0.15) is 40.7 Å². The van der Waals surface area contributed by atoms with E-state index in [0.29, 0.717) is 47.1 Å². The number of rotatable bonds is 14. The number of nitrogens with zero attached hydrogens (tertiary/aromatic N) is 3. The van der Waals surface area contributed by atoms with E-state index in [4.69, 9.17) is 40.0 Å². The SMILES string of the molecule is COc1cc2cc(c1Cl)N(C)C(=O)C[C@H](OC(=O)[C@H](C)N(C)C(=O)CCS/C(=C\C#N)c1ccc(CC(=O)OCC3C4CCC#CCCC43)cc1)[C@]1(C)O[C@H]1C(C)[C@@H]1C[C@@](O)(NC(=O)O1)[C@H](OC)/C=C/C=C(\C)C2. The Morgan fingerprint density at radius 1 is 1.14 bits per heavy atom. The normalized spacial score (nSPS) is 30.3. The second-order valence-electron chi connectivity index (χ2n) is 20.1. The van der Waals surface area contributed by atoms with E-state index in [0.717, 1.165) is 47.9 Å². The number of methoxy groups -OCH3 is 2. The van der Waals surface area contributed by atoms with Gasteiger partial charge in [-0.05, 0) is 86.6 Å². The fraction of sp³-hybridized carbons (Fsp3) is 0.536. The molecule has 0 radical (unpaired) electrons. The molecule has 7 rings (SSSR count). The van der Waals surface area contributed by atoms with Crippen molar-refractivity contribution in [3.63, 3.8) is 0 Å². The van der Waals surface area contributed by atoms with Crippen molar-refractivity contribution in [2.24, 2.45) is 23.7 Å². The van der Waals surface area contributed by atoms with Gasteiger partial charge in [0.25, 0.3) is 0 Å². The maximum Gasteiger partial charge on any atom is 0.409 e. The maximum absolute atomic E-state index is 14.4. The number of hydrogen-bond donors (Lipinski definition) is 2. The number of thioether (sulfide) groups is 1. The number of ether oxygens (including phenoxy) is 6. The highest BCUT2D eigenvalue weighted by atomic mass is 35.5. The number of carbonyl (C=O) groups excluding carboxylic acids is 5. The molecule has 74 heavy (non-hydrogen) atoms. The minimum Gasteiger partial charge on any atom is -0.495 e. The van der Waals surface area contributed by atoms with Crippen LogP contribution in [-0.4, -0.2) is 122 Å². The number of benzene rings is 2. The van der Waals surface area contributed by atoms with Crippen molar-refractivity contribution in [2.45, 2.75) is 127 Å². The van der Waals surface area contributed by atoms with Gasteiger partial charge in [0.15, 0.2) is 5.72 Å². The quantitative estimate of drug-likeness (QED) is 0.0611. The zero-order valence-electron chi connectivity index (χ0n) is 43.3. The molecule has 2 aliphatic carbocycles. The summed E-state index contributed by atoms with van der Waals surface area (Å²) >= 11 is 8.14. The number of aliphatic hydroxyl groups is 1. The molecule has 16 nitrogen and oxygen atoms in total. The smallest absolute Gasteiger partial charge is 0.409 e. The van der Waals surface area contributed by atoms with Gasteiger partial charge in [0, 0.05) is 69.5 Å². The molecule has 3 amide bonds. The third kappa shape index (κ3) is 13.2. The highest BCUT2D eigenvalue weighted by Crippen LogP contribution is 2.53. The van der Waals surface area contributed by atoms with Crippen LogP contribution in [0.15, 0.2) is 66.3 Å². The highest BCUT2D eigenvalue weighted by molar-refractivity contribution is 8.08. The van der Waals surface area contributed by atoms with Crippen LogP contribution >= 0.6 is 23.4 Å². The Labute approximate surface area is 443 Å². The minimum absolute atomic E-state index is 0.00791. The molecule has 0 aromatic heterocycles. The lowest BCUT2D eigenvalue weighted by atomic mass is 9.83. The number of likely N-dealkylation sites (N-methyl/N-ethyl adjacent to an activating group) is 1. The summed E-state index contributed by atoms with van der Waals surface area (Å²) < 4.78 is 35.2. The van der Waals surface area contributed by atoms with Crippen molar-refractivity contribution in [3.05, 3.63) is 88.0 Å². The minimum atomic E-state index is -1.87. The zero-order chi connectivity index (χ0) is 53.5. The van der Waals surface area contributed by atoms with E-state index in [1.165, 1.54) is 55.8 Å². The number of carbonyl (C=O) groups is 5. The molecule has 1 saturated carbocycles. The lowest BCUT2D eigenvalue weighted by Gasteiger charge is -2.42. The lowest BCUT2D eigenvalue weighted by Crippen LogP contribution is -2.63. The van der Waals surface area contributed by atoms with E-state index in [1.54, 1.807) is 45.2 Å². The predicted octanol–water partition coefficient (Wildman–Crippen LogP) is 7.73. The second-order valence-corrected chi connectivity index (χ2v) is 21.6. The summed E-state index contributed by atoms with van der Waals surface area (Å²) in [6.45, 7) is 7.36. The summed E-state index contributed by atoms with van der Waals surface area (Å²) in [6.07, 6.45) is 6.00. The second kappa shape index (κ2) is 24.2. The molecule has 2 aromatic carbocycles. The van der Waals surface area contributed by atoms with E-state index in [-0.39, 0.29) is 48.3 Å². The molecule has 2 N–H and O–H groups in total. The molecule has 10 atom stereocenters. The van der Waals surface area contributed by atoms with Gasteiger partial charge in [-0.3, -0.25) is 19.7 Å². The summed E-state index contributed by atoms with van der Waals surface area (Å²) in [5.41, 5.74) is 0.411. The molecule has 18 heteroatoms. The number of fused-ring (bicyclic) bond motifs is 6. The predicted molar refractivity (Wildman–Crippen MR) is 279 cm³/mol. The topological polar surface area (TPSA) is 207 Å². The Hall–Kier alpha value is -5.82. The van der Waals surface area contributed by atoms with Gasteiger partial charge in [0.05, 0.1) is 44.4 Å². The summed E-state index contributed by atoms with van der Waals surface area (Å²) in [5, 5.41) is 24.2. The number of halogens is 1. The molecule has 2 saturated heterocycles. The molecule has 5 aliphatic rings. The van der Waals surface area contributed by atoms with Crippen molar-refractivity contribution in [3.8, 4) is 23.7 Å². The first-order valence-electron chi connectivity index (χ1n) is 25.1.